The molecule has 1 N–H and O–H groups in total. The first-order valence-electron chi connectivity index (χ1n) is 19.3. The van der Waals surface area contributed by atoms with E-state index in [0.717, 1.165) is 57.3 Å². The van der Waals surface area contributed by atoms with E-state index >= 15 is 0 Å². The van der Waals surface area contributed by atoms with Crippen LogP contribution in [0, 0.1) is 45.8 Å². The fourth-order valence-electron chi connectivity index (χ4n) is 12.9. The molecule has 11 unspecified atom stereocenters. The molecule has 0 radical (unpaired) electrons. The average Bonchev–Trinajstić information content (AvgIpc) is 3.56. The van der Waals surface area contributed by atoms with E-state index in [1.165, 1.54) is 62.1 Å². The molecule has 0 aromatic heterocycles. The van der Waals surface area contributed by atoms with E-state index in [4.69, 9.17) is 9.47 Å². The highest BCUT2D eigenvalue weighted by Crippen LogP contribution is 2.66. The van der Waals surface area contributed by atoms with Crippen LogP contribution in [0.15, 0.2) is 29.8 Å². The number of carbonyl (C=O) groups excluding carboxylic acids is 3. The summed E-state index contributed by atoms with van der Waals surface area (Å²) in [4.78, 5) is 35.2. The van der Waals surface area contributed by atoms with Crippen LogP contribution in [0.5, 0.6) is 5.75 Å². The van der Waals surface area contributed by atoms with Crippen LogP contribution in [0.25, 0.3) is 0 Å². The molecule has 6 nitrogen and oxygen atoms in total. The molecule has 0 saturated heterocycles. The number of carbonyl (C=O) groups is 3. The number of fused-ring (bicyclic) bond motifs is 10. The van der Waals surface area contributed by atoms with Gasteiger partial charge in [-0.25, -0.2) is 0 Å². The molecule has 11 atom stereocenters. The molecular formula is C42H58O6. The molecule has 0 heterocycles. The Morgan fingerprint density at radius 2 is 1.46 bits per heavy atom. The maximum absolute atomic E-state index is 11.9. The van der Waals surface area contributed by atoms with Gasteiger partial charge in [-0.1, -0.05) is 39.3 Å². The number of ketones is 1. The molecule has 7 aliphatic rings. The maximum atomic E-state index is 11.9. The van der Waals surface area contributed by atoms with Gasteiger partial charge in [-0.3, -0.25) is 14.4 Å². The van der Waals surface area contributed by atoms with Crippen LogP contribution in [-0.2, 0) is 30.3 Å². The van der Waals surface area contributed by atoms with Gasteiger partial charge in [0.1, 0.15) is 18.0 Å². The minimum Gasteiger partial charge on any atom is -0.508 e. The molecular weight excluding hydrogens is 600 g/mol. The van der Waals surface area contributed by atoms with Crippen LogP contribution in [-0.4, -0.2) is 35.0 Å². The monoisotopic (exact) mass is 658 g/mol. The van der Waals surface area contributed by atoms with Crippen molar-refractivity contribution in [2.75, 3.05) is 0 Å². The molecule has 0 aliphatic heterocycles. The maximum Gasteiger partial charge on any atom is 0.305 e. The second-order valence-corrected chi connectivity index (χ2v) is 17.4. The second kappa shape index (κ2) is 12.6. The lowest BCUT2D eigenvalue weighted by molar-refractivity contribution is -0.159. The molecule has 1 aromatic carbocycles. The van der Waals surface area contributed by atoms with Crippen LogP contribution in [0.4, 0.5) is 0 Å². The van der Waals surface area contributed by atoms with Gasteiger partial charge >= 0.3 is 11.9 Å². The summed E-state index contributed by atoms with van der Waals surface area (Å²) in [5, 5.41) is 9.75. The smallest absolute Gasteiger partial charge is 0.305 e. The van der Waals surface area contributed by atoms with Crippen molar-refractivity contribution in [1.82, 2.24) is 0 Å². The summed E-state index contributed by atoms with van der Waals surface area (Å²) in [5.74, 6) is 4.64. The Kier molecular flexibility index (Phi) is 8.89. The Morgan fingerprint density at radius 1 is 0.792 bits per heavy atom. The predicted molar refractivity (Wildman–Crippen MR) is 185 cm³/mol. The molecule has 8 rings (SSSR count). The van der Waals surface area contributed by atoms with Crippen LogP contribution >= 0.6 is 0 Å². The molecule has 262 valence electrons. The van der Waals surface area contributed by atoms with Crippen molar-refractivity contribution in [3.63, 3.8) is 0 Å². The largest absolute Gasteiger partial charge is 0.508 e. The van der Waals surface area contributed by atoms with Crippen molar-refractivity contribution in [3.05, 3.63) is 41.0 Å². The number of esters is 2. The van der Waals surface area contributed by atoms with Crippen molar-refractivity contribution in [3.8, 4) is 5.75 Å². The van der Waals surface area contributed by atoms with Gasteiger partial charge < -0.3 is 14.6 Å². The Labute approximate surface area is 287 Å². The lowest BCUT2D eigenvalue weighted by Gasteiger charge is -2.57. The number of ether oxygens (including phenoxy) is 2. The van der Waals surface area contributed by atoms with Crippen molar-refractivity contribution < 1.29 is 29.0 Å². The van der Waals surface area contributed by atoms with E-state index in [-0.39, 0.29) is 40.4 Å². The fourth-order valence-corrected chi connectivity index (χ4v) is 12.9. The zero-order valence-corrected chi connectivity index (χ0v) is 30.0. The highest BCUT2D eigenvalue weighted by atomic mass is 16.5. The zero-order chi connectivity index (χ0) is 34.0. The van der Waals surface area contributed by atoms with Crippen LogP contribution in [0.3, 0.4) is 0 Å². The Morgan fingerprint density at radius 3 is 2.17 bits per heavy atom. The Balaban J connectivity index is 0.000000152. The number of hydrogen-bond donors (Lipinski definition) is 1. The summed E-state index contributed by atoms with van der Waals surface area (Å²) in [6, 6.07) is 5.93. The average molecular weight is 659 g/mol. The summed E-state index contributed by atoms with van der Waals surface area (Å²) in [6.07, 6.45) is 18.2. The third kappa shape index (κ3) is 5.56. The highest BCUT2D eigenvalue weighted by molar-refractivity contribution is 5.91. The lowest BCUT2D eigenvalue weighted by Crippen LogP contribution is -2.51. The third-order valence-corrected chi connectivity index (χ3v) is 15.4. The van der Waals surface area contributed by atoms with Crippen LogP contribution in [0.2, 0.25) is 0 Å². The SMILES string of the molecule is CC(=O)OC1CCC2C3CCc4cc(O)ccc4C3CCC12C.CCC(=O)OC1CCC2C3CCC4=CC(=O)CCC4(C)C3CCC12C. The van der Waals surface area contributed by atoms with Gasteiger partial charge in [-0.2, -0.15) is 0 Å². The van der Waals surface area contributed by atoms with E-state index in [2.05, 4.69) is 26.8 Å². The third-order valence-electron chi connectivity index (χ3n) is 15.4. The lowest BCUT2D eigenvalue weighted by atomic mass is 9.47. The number of phenols is 1. The fraction of sp³-hybridized carbons (Fsp3) is 0.738. The summed E-state index contributed by atoms with van der Waals surface area (Å²) in [7, 11) is 0. The Bertz CT molecular complexity index is 1480. The first-order chi connectivity index (χ1) is 22.9. The van der Waals surface area contributed by atoms with Gasteiger partial charge in [-0.15, -0.1) is 0 Å². The molecule has 0 amide bonds. The number of allylic oxidation sites excluding steroid dienone is 1. The van der Waals surface area contributed by atoms with E-state index in [9.17, 15) is 19.5 Å². The predicted octanol–water partition coefficient (Wildman–Crippen LogP) is 9.02. The molecule has 0 bridgehead atoms. The summed E-state index contributed by atoms with van der Waals surface area (Å²) in [6.45, 7) is 10.6. The zero-order valence-electron chi connectivity index (χ0n) is 30.0. The minimum atomic E-state index is -0.136. The topological polar surface area (TPSA) is 89.9 Å². The Hall–Kier alpha value is -2.63. The summed E-state index contributed by atoms with van der Waals surface area (Å²) >= 11 is 0. The molecule has 6 heteroatoms. The van der Waals surface area contributed by atoms with Gasteiger partial charge in [0, 0.05) is 30.6 Å². The van der Waals surface area contributed by atoms with E-state index in [1.807, 2.05) is 25.1 Å². The quantitative estimate of drug-likeness (QED) is 0.326. The number of benzene rings is 1. The van der Waals surface area contributed by atoms with Gasteiger partial charge in [0.15, 0.2) is 5.78 Å². The van der Waals surface area contributed by atoms with Crippen molar-refractivity contribution in [2.24, 2.45) is 45.8 Å². The molecule has 5 saturated carbocycles. The van der Waals surface area contributed by atoms with Gasteiger partial charge in [0.2, 0.25) is 0 Å². The standard InChI is InChI=1S/C22H32O3.C20H26O3/c1-4-20(24)25-19-8-7-17-16-6-5-14-13-15(23)9-11-21(14,2)18(16)10-12-22(17,19)3;1-12(21)23-19-8-7-18-17-5-3-13-11-14(22)4-6-15(13)16(17)9-10-20(18,19)2/h13,16-19H,4-12H2,1-3H3;4,6,11,16-19,22H,3,5,7-10H2,1-2H3. The van der Waals surface area contributed by atoms with Crippen molar-refractivity contribution in [2.45, 2.75) is 149 Å². The number of aryl methyl sites for hydroxylation is 1. The van der Waals surface area contributed by atoms with E-state index < -0.39 is 0 Å². The molecule has 48 heavy (non-hydrogen) atoms. The van der Waals surface area contributed by atoms with Gasteiger partial charge in [0.25, 0.3) is 0 Å². The molecule has 7 aliphatic carbocycles. The number of phenolic OH excluding ortho intramolecular Hbond substituents is 1. The van der Waals surface area contributed by atoms with Crippen molar-refractivity contribution >= 4 is 17.7 Å². The number of aromatic hydroxyl groups is 1. The normalized spacial score (nSPS) is 42.3. The first kappa shape index (κ1) is 33.8. The second-order valence-electron chi connectivity index (χ2n) is 17.4. The highest BCUT2D eigenvalue weighted by Gasteiger charge is 2.60. The van der Waals surface area contributed by atoms with Crippen LogP contribution < -0.4 is 0 Å². The number of hydrogen-bond acceptors (Lipinski definition) is 6. The summed E-state index contributed by atoms with van der Waals surface area (Å²) < 4.78 is 11.5. The van der Waals surface area contributed by atoms with Crippen LogP contribution in [0.1, 0.15) is 142 Å². The molecule has 1 aromatic rings. The molecule has 0 spiro atoms. The van der Waals surface area contributed by atoms with Gasteiger partial charge in [-0.05, 0) is 154 Å². The van der Waals surface area contributed by atoms with E-state index in [1.54, 1.807) is 0 Å². The minimum absolute atomic E-state index is 0.0411. The van der Waals surface area contributed by atoms with E-state index in [0.29, 0.717) is 47.5 Å². The van der Waals surface area contributed by atoms with Gasteiger partial charge in [0.05, 0.1) is 0 Å². The summed E-state index contributed by atoms with van der Waals surface area (Å²) in [5.41, 5.74) is 4.77. The molecule has 5 fully saturated rings. The first-order valence-corrected chi connectivity index (χ1v) is 19.3. The number of rotatable bonds is 3. The van der Waals surface area contributed by atoms with Crippen molar-refractivity contribution in [1.29, 1.82) is 0 Å².